The molecule has 2 rings (SSSR count). The summed E-state index contributed by atoms with van der Waals surface area (Å²) in [5.74, 6) is 0. The lowest BCUT2D eigenvalue weighted by Crippen LogP contribution is -2.15. The number of H-pyrrole nitrogens is 1. The molecule has 0 saturated heterocycles. The Morgan fingerprint density at radius 1 is 1.26 bits per heavy atom. The number of aryl methyl sites for hydroxylation is 3. The third-order valence-corrected chi connectivity index (χ3v) is 5.01. The highest BCUT2D eigenvalue weighted by molar-refractivity contribution is 9.10. The fourth-order valence-corrected chi connectivity index (χ4v) is 3.77. The average molecular weight is 344 g/mol. The third-order valence-electron chi connectivity index (χ3n) is 2.70. The van der Waals surface area contributed by atoms with E-state index in [1.807, 2.05) is 19.1 Å². The number of rotatable bonds is 3. The number of nitrogens with zero attached hydrogens (tertiary/aromatic N) is 1. The maximum Gasteiger partial charge on any atom is 0.265 e. The molecule has 1 aromatic carbocycles. The van der Waals surface area contributed by atoms with Gasteiger partial charge in [-0.1, -0.05) is 6.07 Å². The summed E-state index contributed by atoms with van der Waals surface area (Å²) >= 11 is 3.33. The molecular formula is C12H14BrN3O2S. The highest BCUT2D eigenvalue weighted by Crippen LogP contribution is 2.27. The molecular weight excluding hydrogens is 330 g/mol. The molecule has 0 amide bonds. The lowest BCUT2D eigenvalue weighted by atomic mass is 10.2. The summed E-state index contributed by atoms with van der Waals surface area (Å²) in [7, 11) is -3.64. The quantitative estimate of drug-likeness (QED) is 0.899. The molecule has 0 aliphatic rings. The van der Waals surface area contributed by atoms with Gasteiger partial charge in [-0.2, -0.15) is 5.10 Å². The van der Waals surface area contributed by atoms with Gasteiger partial charge in [0.2, 0.25) is 0 Å². The largest absolute Gasteiger partial charge is 0.281 e. The lowest BCUT2D eigenvalue weighted by Gasteiger charge is -2.10. The fraction of sp³-hybridized carbons (Fsp3) is 0.250. The van der Waals surface area contributed by atoms with Crippen LogP contribution in [0.1, 0.15) is 17.0 Å². The van der Waals surface area contributed by atoms with Crippen molar-refractivity contribution < 1.29 is 8.42 Å². The summed E-state index contributed by atoms with van der Waals surface area (Å²) < 4.78 is 28.0. The van der Waals surface area contributed by atoms with E-state index in [4.69, 9.17) is 0 Å². The number of anilines is 1. The van der Waals surface area contributed by atoms with Gasteiger partial charge in [-0.3, -0.25) is 9.82 Å². The number of hydrogen-bond acceptors (Lipinski definition) is 3. The van der Waals surface area contributed by atoms with Crippen molar-refractivity contribution in [2.75, 3.05) is 4.72 Å². The molecule has 7 heteroatoms. The van der Waals surface area contributed by atoms with Crippen molar-refractivity contribution >= 4 is 31.6 Å². The number of sulfonamides is 1. The van der Waals surface area contributed by atoms with Crippen molar-refractivity contribution in [2.45, 2.75) is 25.7 Å². The van der Waals surface area contributed by atoms with Crippen molar-refractivity contribution in [1.82, 2.24) is 10.2 Å². The molecule has 1 heterocycles. The van der Waals surface area contributed by atoms with E-state index in [0.717, 1.165) is 5.56 Å². The number of aromatic nitrogens is 2. The second-order valence-electron chi connectivity index (χ2n) is 4.35. The molecule has 0 unspecified atom stereocenters. The molecule has 0 radical (unpaired) electrons. The zero-order valence-electron chi connectivity index (χ0n) is 10.8. The van der Waals surface area contributed by atoms with Gasteiger partial charge in [0, 0.05) is 4.47 Å². The maximum absolute atomic E-state index is 12.4. The molecule has 0 saturated carbocycles. The van der Waals surface area contributed by atoms with E-state index in [2.05, 4.69) is 30.8 Å². The smallest absolute Gasteiger partial charge is 0.265 e. The Balaban J connectivity index is 2.45. The standard InChI is InChI=1S/C12H14BrN3O2S/c1-7-4-5-10(13)11(6-7)16-19(17,18)12-8(2)14-15-9(12)3/h4-6,16H,1-3H3,(H,14,15). The van der Waals surface area contributed by atoms with Gasteiger partial charge in [-0.05, 0) is 54.4 Å². The number of aromatic amines is 1. The van der Waals surface area contributed by atoms with Crippen LogP contribution in [0.25, 0.3) is 0 Å². The van der Waals surface area contributed by atoms with Crippen LogP contribution in [0.15, 0.2) is 27.6 Å². The van der Waals surface area contributed by atoms with Gasteiger partial charge < -0.3 is 0 Å². The van der Waals surface area contributed by atoms with Crippen LogP contribution < -0.4 is 4.72 Å². The van der Waals surface area contributed by atoms with E-state index in [-0.39, 0.29) is 4.90 Å². The monoisotopic (exact) mass is 343 g/mol. The van der Waals surface area contributed by atoms with E-state index < -0.39 is 10.0 Å². The second kappa shape index (κ2) is 4.97. The molecule has 0 fully saturated rings. The molecule has 19 heavy (non-hydrogen) atoms. The maximum atomic E-state index is 12.4. The van der Waals surface area contributed by atoms with Gasteiger partial charge in [0.25, 0.3) is 10.0 Å². The Kier molecular flexibility index (Phi) is 3.69. The molecule has 5 nitrogen and oxygen atoms in total. The summed E-state index contributed by atoms with van der Waals surface area (Å²) in [6.45, 7) is 5.24. The highest BCUT2D eigenvalue weighted by Gasteiger charge is 2.23. The van der Waals surface area contributed by atoms with Crippen LogP contribution in [0.5, 0.6) is 0 Å². The van der Waals surface area contributed by atoms with E-state index in [1.54, 1.807) is 19.9 Å². The minimum absolute atomic E-state index is 0.195. The van der Waals surface area contributed by atoms with E-state index in [0.29, 0.717) is 21.5 Å². The molecule has 102 valence electrons. The van der Waals surface area contributed by atoms with E-state index in [9.17, 15) is 8.42 Å². The Morgan fingerprint density at radius 2 is 1.95 bits per heavy atom. The van der Waals surface area contributed by atoms with Gasteiger partial charge >= 0.3 is 0 Å². The molecule has 2 aromatic rings. The van der Waals surface area contributed by atoms with Crippen molar-refractivity contribution in [3.05, 3.63) is 39.6 Å². The lowest BCUT2D eigenvalue weighted by molar-refractivity contribution is 0.600. The first-order valence-electron chi connectivity index (χ1n) is 5.62. The highest BCUT2D eigenvalue weighted by atomic mass is 79.9. The van der Waals surface area contributed by atoms with Crippen LogP contribution in [0.4, 0.5) is 5.69 Å². The first-order chi connectivity index (χ1) is 8.81. The summed E-state index contributed by atoms with van der Waals surface area (Å²) in [5.41, 5.74) is 2.46. The Bertz CT molecular complexity index is 703. The van der Waals surface area contributed by atoms with Crippen LogP contribution >= 0.6 is 15.9 Å². The average Bonchev–Trinajstić information content (AvgIpc) is 2.64. The van der Waals surface area contributed by atoms with Crippen LogP contribution in [0.3, 0.4) is 0 Å². The SMILES string of the molecule is Cc1ccc(Br)c(NS(=O)(=O)c2c(C)n[nH]c2C)c1. The zero-order chi connectivity index (χ0) is 14.2. The molecule has 0 atom stereocenters. The first kappa shape index (κ1) is 14.1. The summed E-state index contributed by atoms with van der Waals surface area (Å²) in [6, 6.07) is 5.48. The molecule has 1 aromatic heterocycles. The Labute approximate surface area is 120 Å². The van der Waals surface area contributed by atoms with Crippen molar-refractivity contribution in [3.63, 3.8) is 0 Å². The molecule has 0 aliphatic carbocycles. The molecule has 2 N–H and O–H groups in total. The summed E-state index contributed by atoms with van der Waals surface area (Å²) in [5, 5.41) is 6.58. The Morgan fingerprint density at radius 3 is 2.53 bits per heavy atom. The van der Waals surface area contributed by atoms with Crippen LogP contribution in [-0.4, -0.2) is 18.6 Å². The summed E-state index contributed by atoms with van der Waals surface area (Å²) in [6.07, 6.45) is 0. The van der Waals surface area contributed by atoms with Gasteiger partial charge in [0.15, 0.2) is 0 Å². The predicted octanol–water partition coefficient (Wildman–Crippen LogP) is 2.90. The number of nitrogens with one attached hydrogen (secondary N) is 2. The van der Waals surface area contributed by atoms with Crippen LogP contribution in [-0.2, 0) is 10.0 Å². The van der Waals surface area contributed by atoms with Crippen molar-refractivity contribution in [1.29, 1.82) is 0 Å². The summed E-state index contributed by atoms with van der Waals surface area (Å²) in [4.78, 5) is 0.195. The minimum Gasteiger partial charge on any atom is -0.281 e. The fourth-order valence-electron chi connectivity index (χ4n) is 1.85. The van der Waals surface area contributed by atoms with Crippen LogP contribution in [0.2, 0.25) is 0 Å². The number of hydrogen-bond donors (Lipinski definition) is 2. The van der Waals surface area contributed by atoms with Gasteiger partial charge in [0.1, 0.15) is 4.90 Å². The zero-order valence-corrected chi connectivity index (χ0v) is 13.2. The predicted molar refractivity (Wildman–Crippen MR) is 77.7 cm³/mol. The number of benzene rings is 1. The third kappa shape index (κ3) is 2.82. The molecule has 0 bridgehead atoms. The van der Waals surface area contributed by atoms with Crippen molar-refractivity contribution in [2.24, 2.45) is 0 Å². The van der Waals surface area contributed by atoms with Gasteiger partial charge in [-0.15, -0.1) is 0 Å². The number of halogens is 1. The van der Waals surface area contributed by atoms with Gasteiger partial charge in [0.05, 0.1) is 17.1 Å². The first-order valence-corrected chi connectivity index (χ1v) is 7.89. The van der Waals surface area contributed by atoms with Crippen molar-refractivity contribution in [3.8, 4) is 0 Å². The normalized spacial score (nSPS) is 11.6. The van der Waals surface area contributed by atoms with E-state index in [1.165, 1.54) is 0 Å². The Hall–Kier alpha value is -1.34. The minimum atomic E-state index is -3.64. The van der Waals surface area contributed by atoms with Crippen LogP contribution in [0, 0.1) is 20.8 Å². The van der Waals surface area contributed by atoms with E-state index >= 15 is 0 Å². The van der Waals surface area contributed by atoms with Gasteiger partial charge in [-0.25, -0.2) is 8.42 Å². The second-order valence-corrected chi connectivity index (χ2v) is 6.83. The topological polar surface area (TPSA) is 74.8 Å². The molecule has 0 spiro atoms. The molecule has 0 aliphatic heterocycles.